The summed E-state index contributed by atoms with van der Waals surface area (Å²) in [6.07, 6.45) is -0.887. The Balaban J connectivity index is 4.25. The van der Waals surface area contributed by atoms with E-state index in [0.29, 0.717) is 0 Å². The Morgan fingerprint density at radius 3 is 1.92 bits per heavy atom. The first-order chi connectivity index (χ1) is 5.24. The highest BCUT2D eigenvalue weighted by atomic mass is 16.4. The molecule has 0 aromatic carbocycles. The van der Waals surface area contributed by atoms with Crippen molar-refractivity contribution in [3.8, 4) is 0 Å². The fraction of sp³-hybridized carbons (Fsp3) is 0.875. The monoisotopic (exact) mass is 175 g/mol. The Labute approximate surface area is 72.6 Å². The fourth-order valence-electron chi connectivity index (χ4n) is 0.855. The maximum atomic E-state index is 10.6. The topological polar surface area (TPSA) is 69.6 Å². The molecule has 0 aromatic rings. The van der Waals surface area contributed by atoms with Crippen LogP contribution >= 0.6 is 0 Å². The number of hydrogen-bond acceptors (Lipinski definition) is 3. The molecule has 1 unspecified atom stereocenters. The van der Waals surface area contributed by atoms with Crippen LogP contribution in [-0.2, 0) is 4.79 Å². The first-order valence-electron chi connectivity index (χ1n) is 3.92. The van der Waals surface area contributed by atoms with Crippen molar-refractivity contribution in [2.75, 3.05) is 0 Å². The predicted octanol–water partition coefficient (Wildman–Crippen LogP) is 0.208. The molecule has 2 atom stereocenters. The van der Waals surface area contributed by atoms with E-state index < -0.39 is 18.1 Å². The van der Waals surface area contributed by atoms with Crippen LogP contribution in [-0.4, -0.2) is 33.9 Å². The number of carboxylic acid groups (broad SMARTS) is 1. The lowest BCUT2D eigenvalue weighted by molar-refractivity contribution is -0.142. The summed E-state index contributed by atoms with van der Waals surface area (Å²) >= 11 is 0. The lowest BCUT2D eigenvalue weighted by Crippen LogP contribution is -2.52. The summed E-state index contributed by atoms with van der Waals surface area (Å²) in [6.45, 7) is 7.01. The van der Waals surface area contributed by atoms with Gasteiger partial charge in [0.1, 0.15) is 6.04 Å². The van der Waals surface area contributed by atoms with Gasteiger partial charge < -0.3 is 10.2 Å². The van der Waals surface area contributed by atoms with Crippen LogP contribution in [0.25, 0.3) is 0 Å². The highest BCUT2D eigenvalue weighted by Gasteiger charge is 2.26. The lowest BCUT2D eigenvalue weighted by atomic mass is 10.0. The summed E-state index contributed by atoms with van der Waals surface area (Å²) in [5.41, 5.74) is -0.306. The summed E-state index contributed by atoms with van der Waals surface area (Å²) < 4.78 is 0. The molecular weight excluding hydrogens is 158 g/mol. The summed E-state index contributed by atoms with van der Waals surface area (Å²) in [5.74, 6) is -1.03. The van der Waals surface area contributed by atoms with Gasteiger partial charge >= 0.3 is 5.97 Å². The van der Waals surface area contributed by atoms with E-state index in [1.54, 1.807) is 0 Å². The molecular formula is C8H17NO3. The molecule has 12 heavy (non-hydrogen) atoms. The third kappa shape index (κ3) is 4.31. The molecule has 0 spiro atoms. The molecule has 0 aliphatic rings. The van der Waals surface area contributed by atoms with E-state index in [1.165, 1.54) is 6.92 Å². The van der Waals surface area contributed by atoms with Crippen LogP contribution in [0.4, 0.5) is 0 Å². The molecule has 0 saturated heterocycles. The molecule has 0 bridgehead atoms. The quantitative estimate of drug-likeness (QED) is 0.573. The summed E-state index contributed by atoms with van der Waals surface area (Å²) in [5, 5.41) is 20.6. The maximum absolute atomic E-state index is 10.6. The molecule has 0 amide bonds. The fourth-order valence-corrected chi connectivity index (χ4v) is 0.855. The van der Waals surface area contributed by atoms with Crippen molar-refractivity contribution in [1.29, 1.82) is 0 Å². The molecule has 72 valence electrons. The number of nitrogens with one attached hydrogen (secondary N) is 1. The Morgan fingerprint density at radius 2 is 1.83 bits per heavy atom. The summed E-state index contributed by atoms with van der Waals surface area (Å²) in [7, 11) is 0. The van der Waals surface area contributed by atoms with Crippen molar-refractivity contribution in [2.45, 2.75) is 45.4 Å². The maximum Gasteiger partial charge on any atom is 0.323 e. The molecule has 4 nitrogen and oxygen atoms in total. The minimum Gasteiger partial charge on any atom is -0.480 e. The van der Waals surface area contributed by atoms with Gasteiger partial charge in [-0.25, -0.2) is 0 Å². The van der Waals surface area contributed by atoms with Crippen molar-refractivity contribution in [2.24, 2.45) is 0 Å². The summed E-state index contributed by atoms with van der Waals surface area (Å²) in [6, 6.07) is -0.898. The van der Waals surface area contributed by atoms with E-state index in [9.17, 15) is 4.79 Å². The molecule has 0 radical (unpaired) electrons. The van der Waals surface area contributed by atoms with Gasteiger partial charge in [-0.05, 0) is 27.7 Å². The Hall–Kier alpha value is -0.610. The molecule has 0 heterocycles. The molecule has 0 aliphatic heterocycles. The molecule has 4 heteroatoms. The van der Waals surface area contributed by atoms with Crippen molar-refractivity contribution in [3.05, 3.63) is 0 Å². The van der Waals surface area contributed by atoms with Crippen molar-refractivity contribution in [1.82, 2.24) is 5.32 Å². The number of carboxylic acids is 1. The van der Waals surface area contributed by atoms with Crippen molar-refractivity contribution in [3.63, 3.8) is 0 Å². The van der Waals surface area contributed by atoms with Crippen LogP contribution in [0.3, 0.4) is 0 Å². The van der Waals surface area contributed by atoms with E-state index in [2.05, 4.69) is 5.32 Å². The SMILES string of the molecule is CC(O)[C@H](NC(C)(C)C)C(=O)O. The van der Waals surface area contributed by atoms with Crippen LogP contribution in [0.15, 0.2) is 0 Å². The largest absolute Gasteiger partial charge is 0.480 e. The van der Waals surface area contributed by atoms with Crippen LogP contribution in [0.2, 0.25) is 0 Å². The van der Waals surface area contributed by atoms with E-state index in [0.717, 1.165) is 0 Å². The molecule has 0 aromatic heterocycles. The van der Waals surface area contributed by atoms with Gasteiger partial charge in [0, 0.05) is 5.54 Å². The minimum atomic E-state index is -1.03. The summed E-state index contributed by atoms with van der Waals surface area (Å²) in [4.78, 5) is 10.6. The molecule has 0 aliphatic carbocycles. The number of aliphatic hydroxyl groups is 1. The zero-order chi connectivity index (χ0) is 9.94. The van der Waals surface area contributed by atoms with Crippen molar-refractivity contribution >= 4 is 5.97 Å². The first kappa shape index (κ1) is 11.4. The Morgan fingerprint density at radius 1 is 1.42 bits per heavy atom. The Kier molecular flexibility index (Phi) is 3.67. The predicted molar refractivity (Wildman–Crippen MR) is 46.0 cm³/mol. The highest BCUT2D eigenvalue weighted by molar-refractivity contribution is 5.74. The second kappa shape index (κ2) is 3.87. The number of aliphatic hydroxyl groups excluding tert-OH is 1. The van der Waals surface area contributed by atoms with Gasteiger partial charge in [-0.1, -0.05) is 0 Å². The molecule has 3 N–H and O–H groups in total. The number of rotatable bonds is 3. The van der Waals surface area contributed by atoms with E-state index in [4.69, 9.17) is 10.2 Å². The lowest BCUT2D eigenvalue weighted by Gasteiger charge is -2.27. The Bertz CT molecular complexity index is 160. The van der Waals surface area contributed by atoms with Gasteiger partial charge in [-0.2, -0.15) is 0 Å². The standard InChI is InChI=1S/C8H17NO3/c1-5(10)6(7(11)12)9-8(2,3)4/h5-6,9-10H,1-4H3,(H,11,12)/t5?,6-/m0/s1. The van der Waals surface area contributed by atoms with E-state index in [1.807, 2.05) is 20.8 Å². The van der Waals surface area contributed by atoms with Crippen LogP contribution < -0.4 is 5.32 Å². The second-order valence-corrected chi connectivity index (χ2v) is 3.95. The number of hydrogen-bond donors (Lipinski definition) is 3. The molecule has 0 rings (SSSR count). The smallest absolute Gasteiger partial charge is 0.323 e. The number of carbonyl (C=O) groups is 1. The van der Waals surface area contributed by atoms with Gasteiger partial charge in [0.05, 0.1) is 6.10 Å². The van der Waals surface area contributed by atoms with Gasteiger partial charge in [0.15, 0.2) is 0 Å². The van der Waals surface area contributed by atoms with Gasteiger partial charge in [0.25, 0.3) is 0 Å². The van der Waals surface area contributed by atoms with Crippen LogP contribution in [0.5, 0.6) is 0 Å². The van der Waals surface area contributed by atoms with Crippen LogP contribution in [0.1, 0.15) is 27.7 Å². The highest BCUT2D eigenvalue weighted by Crippen LogP contribution is 2.04. The average Bonchev–Trinajstić information content (AvgIpc) is 1.79. The third-order valence-electron chi connectivity index (χ3n) is 1.34. The molecule has 0 fully saturated rings. The minimum absolute atomic E-state index is 0.306. The zero-order valence-electron chi connectivity index (χ0n) is 7.96. The normalized spacial score (nSPS) is 17.1. The van der Waals surface area contributed by atoms with E-state index >= 15 is 0 Å². The van der Waals surface area contributed by atoms with Gasteiger partial charge in [0.2, 0.25) is 0 Å². The zero-order valence-corrected chi connectivity index (χ0v) is 7.96. The molecule has 0 saturated carbocycles. The van der Waals surface area contributed by atoms with Gasteiger partial charge in [-0.3, -0.25) is 10.1 Å². The number of aliphatic carboxylic acids is 1. The van der Waals surface area contributed by atoms with Gasteiger partial charge in [-0.15, -0.1) is 0 Å². The van der Waals surface area contributed by atoms with Crippen LogP contribution in [0, 0.1) is 0 Å². The average molecular weight is 175 g/mol. The van der Waals surface area contributed by atoms with E-state index in [-0.39, 0.29) is 5.54 Å². The third-order valence-corrected chi connectivity index (χ3v) is 1.34. The second-order valence-electron chi connectivity index (χ2n) is 3.95. The van der Waals surface area contributed by atoms with Crippen molar-refractivity contribution < 1.29 is 15.0 Å². The first-order valence-corrected chi connectivity index (χ1v) is 3.92.